The largest absolute Gasteiger partial charge is 0.265 e. The van der Waals surface area contributed by atoms with Gasteiger partial charge in [-0.3, -0.25) is 5.10 Å². The van der Waals surface area contributed by atoms with E-state index in [9.17, 15) is 4.39 Å². The Hall–Kier alpha value is -3.09. The van der Waals surface area contributed by atoms with E-state index in [4.69, 9.17) is 0 Å². The van der Waals surface area contributed by atoms with Crippen LogP contribution in [0.2, 0.25) is 0 Å². The van der Waals surface area contributed by atoms with E-state index in [1.807, 2.05) is 12.1 Å². The molecule has 0 aliphatic heterocycles. The third-order valence-electron chi connectivity index (χ3n) is 3.44. The van der Waals surface area contributed by atoms with Gasteiger partial charge in [-0.1, -0.05) is 23.4 Å². The van der Waals surface area contributed by atoms with Gasteiger partial charge in [0.15, 0.2) is 5.65 Å². The van der Waals surface area contributed by atoms with E-state index in [0.29, 0.717) is 29.1 Å². The van der Waals surface area contributed by atoms with Crippen LogP contribution in [0.25, 0.3) is 22.4 Å². The Balaban J connectivity index is 1.87. The number of hydrogen-bond donors (Lipinski definition) is 1. The minimum Gasteiger partial charge on any atom is -0.265 e. The average Bonchev–Trinajstić information content (AvgIpc) is 3.18. The van der Waals surface area contributed by atoms with Crippen molar-refractivity contribution in [2.45, 2.75) is 6.54 Å². The standard InChI is InChI=1S/C15H11FN6/c16-12-6-2-1-4-10(12)9-22-15-11(5-3-7-17-15)14(20-22)13-8-18-21-19-13/h1-8H,9H2,(H,18,19,21). The van der Waals surface area contributed by atoms with E-state index in [1.165, 1.54) is 6.07 Å². The van der Waals surface area contributed by atoms with Gasteiger partial charge in [0.05, 0.1) is 12.7 Å². The van der Waals surface area contributed by atoms with Crippen molar-refractivity contribution in [3.63, 3.8) is 0 Å². The highest BCUT2D eigenvalue weighted by atomic mass is 19.1. The van der Waals surface area contributed by atoms with Crippen molar-refractivity contribution < 1.29 is 4.39 Å². The average molecular weight is 294 g/mol. The van der Waals surface area contributed by atoms with Gasteiger partial charge in [0.2, 0.25) is 0 Å². The Morgan fingerprint density at radius 2 is 2.05 bits per heavy atom. The van der Waals surface area contributed by atoms with Gasteiger partial charge >= 0.3 is 0 Å². The van der Waals surface area contributed by atoms with Crippen molar-refractivity contribution >= 4 is 11.0 Å². The van der Waals surface area contributed by atoms with Gasteiger partial charge in [0.25, 0.3) is 0 Å². The molecule has 0 radical (unpaired) electrons. The van der Waals surface area contributed by atoms with Crippen molar-refractivity contribution in [3.8, 4) is 11.4 Å². The van der Waals surface area contributed by atoms with E-state index in [1.54, 1.807) is 35.3 Å². The number of aromatic amines is 1. The molecule has 6 nitrogen and oxygen atoms in total. The molecule has 0 aliphatic rings. The summed E-state index contributed by atoms with van der Waals surface area (Å²) >= 11 is 0. The predicted octanol–water partition coefficient (Wildman–Crippen LogP) is 2.40. The van der Waals surface area contributed by atoms with E-state index in [2.05, 4.69) is 25.5 Å². The Bertz CT molecular complexity index is 928. The van der Waals surface area contributed by atoms with Crippen molar-refractivity contribution in [2.24, 2.45) is 0 Å². The third kappa shape index (κ3) is 2.03. The van der Waals surface area contributed by atoms with Gasteiger partial charge in [0.1, 0.15) is 17.2 Å². The molecule has 0 saturated heterocycles. The summed E-state index contributed by atoms with van der Waals surface area (Å²) in [5.41, 5.74) is 2.55. The zero-order chi connectivity index (χ0) is 14.9. The monoisotopic (exact) mass is 294 g/mol. The van der Waals surface area contributed by atoms with Gasteiger partial charge in [-0.15, -0.1) is 5.10 Å². The smallest absolute Gasteiger partial charge is 0.158 e. The minimum absolute atomic E-state index is 0.259. The summed E-state index contributed by atoms with van der Waals surface area (Å²) in [5, 5.41) is 15.8. The maximum absolute atomic E-state index is 13.9. The van der Waals surface area contributed by atoms with Gasteiger partial charge in [-0.25, -0.2) is 14.1 Å². The van der Waals surface area contributed by atoms with Crippen molar-refractivity contribution in [1.82, 2.24) is 30.2 Å². The van der Waals surface area contributed by atoms with Gasteiger partial charge in [-0.05, 0) is 18.2 Å². The summed E-state index contributed by atoms with van der Waals surface area (Å²) in [4.78, 5) is 4.36. The first-order valence-corrected chi connectivity index (χ1v) is 6.75. The summed E-state index contributed by atoms with van der Waals surface area (Å²) in [6, 6.07) is 10.4. The molecule has 0 unspecified atom stereocenters. The van der Waals surface area contributed by atoms with Crippen molar-refractivity contribution in [2.75, 3.05) is 0 Å². The number of hydrogen-bond acceptors (Lipinski definition) is 4. The maximum Gasteiger partial charge on any atom is 0.158 e. The quantitative estimate of drug-likeness (QED) is 0.630. The van der Waals surface area contributed by atoms with E-state index >= 15 is 0 Å². The number of H-pyrrole nitrogens is 1. The minimum atomic E-state index is -0.259. The normalized spacial score (nSPS) is 11.1. The van der Waals surface area contributed by atoms with Crippen LogP contribution in [0.4, 0.5) is 4.39 Å². The Labute approximate surface area is 124 Å². The molecule has 0 saturated carbocycles. The van der Waals surface area contributed by atoms with Gasteiger partial charge in [-0.2, -0.15) is 5.10 Å². The van der Waals surface area contributed by atoms with Crippen LogP contribution < -0.4 is 0 Å². The molecular weight excluding hydrogens is 283 g/mol. The van der Waals surface area contributed by atoms with Crippen LogP contribution >= 0.6 is 0 Å². The van der Waals surface area contributed by atoms with Crippen LogP contribution in [0, 0.1) is 5.82 Å². The highest BCUT2D eigenvalue weighted by Crippen LogP contribution is 2.25. The zero-order valence-electron chi connectivity index (χ0n) is 11.4. The summed E-state index contributed by atoms with van der Waals surface area (Å²) in [5.74, 6) is -0.259. The number of pyridine rings is 1. The lowest BCUT2D eigenvalue weighted by molar-refractivity contribution is 0.589. The highest BCUT2D eigenvalue weighted by molar-refractivity contribution is 5.89. The number of nitrogens with one attached hydrogen (secondary N) is 1. The van der Waals surface area contributed by atoms with Crippen molar-refractivity contribution in [1.29, 1.82) is 0 Å². The molecule has 0 atom stereocenters. The molecule has 0 amide bonds. The predicted molar refractivity (Wildman–Crippen MR) is 78.4 cm³/mol. The van der Waals surface area contributed by atoms with Crippen LogP contribution in [0.1, 0.15) is 5.56 Å². The Morgan fingerprint density at radius 1 is 1.14 bits per heavy atom. The second-order valence-electron chi connectivity index (χ2n) is 4.83. The second-order valence-corrected chi connectivity index (χ2v) is 4.83. The Morgan fingerprint density at radius 3 is 2.86 bits per heavy atom. The molecule has 1 aromatic carbocycles. The lowest BCUT2D eigenvalue weighted by Crippen LogP contribution is -2.04. The first-order valence-electron chi connectivity index (χ1n) is 6.75. The number of fused-ring (bicyclic) bond motifs is 1. The summed E-state index contributed by atoms with van der Waals surface area (Å²) in [6.45, 7) is 0.304. The zero-order valence-corrected chi connectivity index (χ0v) is 11.4. The SMILES string of the molecule is Fc1ccccc1Cn1nc(-c2c[nH]nn2)c2cccnc21. The van der Waals surface area contributed by atoms with Crippen LogP contribution in [0.3, 0.4) is 0 Å². The molecule has 108 valence electrons. The molecule has 22 heavy (non-hydrogen) atoms. The molecule has 7 heteroatoms. The fourth-order valence-electron chi connectivity index (χ4n) is 2.41. The Kier molecular flexibility index (Phi) is 2.89. The first kappa shape index (κ1) is 12.6. The van der Waals surface area contributed by atoms with Crippen LogP contribution in [-0.2, 0) is 6.54 Å². The molecule has 3 aromatic heterocycles. The van der Waals surface area contributed by atoms with E-state index in [-0.39, 0.29) is 5.82 Å². The summed E-state index contributed by atoms with van der Waals surface area (Å²) in [6.07, 6.45) is 3.36. The number of nitrogens with zero attached hydrogens (tertiary/aromatic N) is 5. The molecule has 1 N–H and O–H groups in total. The lowest BCUT2D eigenvalue weighted by atomic mass is 10.2. The molecule has 0 aliphatic carbocycles. The third-order valence-corrected chi connectivity index (χ3v) is 3.44. The van der Waals surface area contributed by atoms with Crippen LogP contribution in [0.5, 0.6) is 0 Å². The fourth-order valence-corrected chi connectivity index (χ4v) is 2.41. The van der Waals surface area contributed by atoms with Gasteiger partial charge in [0, 0.05) is 17.1 Å². The van der Waals surface area contributed by atoms with Gasteiger partial charge < -0.3 is 0 Å². The van der Waals surface area contributed by atoms with E-state index < -0.39 is 0 Å². The molecule has 0 bridgehead atoms. The summed E-state index contributed by atoms with van der Waals surface area (Å²) < 4.78 is 15.5. The van der Waals surface area contributed by atoms with Crippen LogP contribution in [-0.4, -0.2) is 30.2 Å². The molecule has 3 heterocycles. The fraction of sp³-hybridized carbons (Fsp3) is 0.0667. The second kappa shape index (κ2) is 5.03. The number of rotatable bonds is 3. The molecule has 4 rings (SSSR count). The number of benzene rings is 1. The number of halogens is 1. The molecule has 0 fully saturated rings. The van der Waals surface area contributed by atoms with Crippen molar-refractivity contribution in [3.05, 3.63) is 60.2 Å². The topological polar surface area (TPSA) is 72.3 Å². The summed E-state index contributed by atoms with van der Waals surface area (Å²) in [7, 11) is 0. The maximum atomic E-state index is 13.9. The van der Waals surface area contributed by atoms with Crippen LogP contribution in [0.15, 0.2) is 48.8 Å². The number of aromatic nitrogens is 6. The highest BCUT2D eigenvalue weighted by Gasteiger charge is 2.15. The first-order chi connectivity index (χ1) is 10.8. The molecular formula is C15H11FN6. The molecule has 0 spiro atoms. The van der Waals surface area contributed by atoms with E-state index in [0.717, 1.165) is 5.39 Å². The lowest BCUT2D eigenvalue weighted by Gasteiger charge is -2.04. The molecule has 4 aromatic rings.